The molecule has 1 amide bonds. The third-order valence-corrected chi connectivity index (χ3v) is 5.13. The van der Waals surface area contributed by atoms with Crippen molar-refractivity contribution in [2.75, 3.05) is 5.32 Å². The average Bonchev–Trinajstić information content (AvgIpc) is 3.16. The number of amides is 1. The van der Waals surface area contributed by atoms with Gasteiger partial charge in [-0.05, 0) is 68.2 Å². The predicted octanol–water partition coefficient (Wildman–Crippen LogP) is 3.04. The Balaban J connectivity index is 1.57. The van der Waals surface area contributed by atoms with Crippen molar-refractivity contribution in [2.24, 2.45) is 0 Å². The van der Waals surface area contributed by atoms with E-state index in [0.717, 1.165) is 16.9 Å². The van der Waals surface area contributed by atoms with Crippen LogP contribution in [0, 0.1) is 6.92 Å². The summed E-state index contributed by atoms with van der Waals surface area (Å²) in [6.07, 6.45) is 1.83. The Labute approximate surface area is 168 Å². The number of carbonyl (C=O) groups excluding carboxylic acids is 1. The van der Waals surface area contributed by atoms with Gasteiger partial charge < -0.3 is 15.0 Å². The summed E-state index contributed by atoms with van der Waals surface area (Å²) in [5.74, 6) is -0.333. The number of carbonyl (C=O) groups is 1. The van der Waals surface area contributed by atoms with Crippen molar-refractivity contribution in [3.8, 4) is 5.69 Å². The number of benzene rings is 2. The molecule has 0 radical (unpaired) electrons. The summed E-state index contributed by atoms with van der Waals surface area (Å²) in [6.45, 7) is 5.69. The average molecular weight is 396 g/mol. The largest absolute Gasteiger partial charge is 0.492 e. The summed E-state index contributed by atoms with van der Waals surface area (Å²) in [7, 11) is -1.01. The van der Waals surface area contributed by atoms with Gasteiger partial charge in [-0.1, -0.05) is 17.7 Å². The number of aryl methyl sites for hydroxylation is 1. The zero-order chi connectivity index (χ0) is 20.1. The van der Waals surface area contributed by atoms with Crippen LogP contribution in [0.4, 0.5) is 5.69 Å². The van der Waals surface area contributed by atoms with E-state index in [9.17, 15) is 9.82 Å². The van der Waals surface area contributed by atoms with Crippen molar-refractivity contribution in [1.29, 1.82) is 0 Å². The summed E-state index contributed by atoms with van der Waals surface area (Å²) in [6, 6.07) is 12.4. The first-order chi connectivity index (χ1) is 13.2. The van der Waals surface area contributed by atoms with E-state index in [4.69, 9.17) is 16.3 Å². The zero-order valence-corrected chi connectivity index (χ0v) is 16.5. The second-order valence-electron chi connectivity index (χ2n) is 7.30. The minimum absolute atomic E-state index is 0.328. The summed E-state index contributed by atoms with van der Waals surface area (Å²) in [5.41, 5.74) is 3.56. The van der Waals surface area contributed by atoms with E-state index in [2.05, 4.69) is 10.4 Å². The molecule has 0 spiro atoms. The molecule has 0 saturated carbocycles. The van der Waals surface area contributed by atoms with Gasteiger partial charge in [-0.3, -0.25) is 4.79 Å². The number of anilines is 1. The van der Waals surface area contributed by atoms with Gasteiger partial charge >= 0.3 is 7.12 Å². The minimum atomic E-state index is -1.01. The number of hydrogen-bond acceptors (Lipinski definition) is 4. The van der Waals surface area contributed by atoms with Crippen LogP contribution < -0.4 is 10.8 Å². The molecule has 2 aromatic carbocycles. The van der Waals surface area contributed by atoms with Crippen LogP contribution in [0.3, 0.4) is 0 Å². The van der Waals surface area contributed by atoms with Crippen LogP contribution >= 0.6 is 11.6 Å². The van der Waals surface area contributed by atoms with Gasteiger partial charge in [0.1, 0.15) is 0 Å². The maximum absolute atomic E-state index is 12.7. The number of nitrogens with one attached hydrogen (secondary N) is 1. The molecule has 3 aromatic rings. The van der Waals surface area contributed by atoms with Crippen molar-refractivity contribution in [3.63, 3.8) is 0 Å². The molecule has 0 aliphatic carbocycles. The first-order valence-electron chi connectivity index (χ1n) is 8.88. The summed E-state index contributed by atoms with van der Waals surface area (Å²) < 4.78 is 7.25. The highest BCUT2D eigenvalue weighted by Crippen LogP contribution is 2.31. The van der Waals surface area contributed by atoms with Gasteiger partial charge in [0.25, 0.3) is 5.91 Å². The molecule has 6 nitrogen and oxygen atoms in total. The number of halogens is 1. The van der Waals surface area contributed by atoms with Crippen molar-refractivity contribution in [3.05, 3.63) is 70.5 Å². The van der Waals surface area contributed by atoms with Gasteiger partial charge in [-0.25, -0.2) is 4.68 Å². The summed E-state index contributed by atoms with van der Waals surface area (Å²) in [5, 5.41) is 17.6. The second-order valence-corrected chi connectivity index (χ2v) is 7.71. The molecule has 28 heavy (non-hydrogen) atoms. The third-order valence-electron chi connectivity index (χ3n) is 4.81. The second kappa shape index (κ2) is 6.77. The molecule has 2 N–H and O–H groups in total. The lowest BCUT2D eigenvalue weighted by atomic mass is 9.78. The number of fused-ring (bicyclic) bond motifs is 1. The molecule has 0 fully saturated rings. The highest BCUT2D eigenvalue weighted by molar-refractivity contribution is 6.62. The van der Waals surface area contributed by atoms with Gasteiger partial charge in [0.15, 0.2) is 0 Å². The van der Waals surface area contributed by atoms with E-state index < -0.39 is 12.7 Å². The van der Waals surface area contributed by atoms with Gasteiger partial charge in [-0.2, -0.15) is 5.10 Å². The smallest absolute Gasteiger partial charge is 0.423 e. The maximum Gasteiger partial charge on any atom is 0.492 e. The molecule has 1 aliphatic heterocycles. The van der Waals surface area contributed by atoms with Crippen molar-refractivity contribution in [1.82, 2.24) is 9.78 Å². The highest BCUT2D eigenvalue weighted by atomic mass is 35.5. The number of hydrogen-bond donors (Lipinski definition) is 2. The molecule has 0 bridgehead atoms. The van der Waals surface area contributed by atoms with Crippen LogP contribution in [-0.2, 0) is 10.3 Å². The fraction of sp³-hybridized carbons (Fsp3) is 0.200. The van der Waals surface area contributed by atoms with E-state index >= 15 is 0 Å². The van der Waals surface area contributed by atoms with Gasteiger partial charge in [0.2, 0.25) is 0 Å². The van der Waals surface area contributed by atoms with Crippen LogP contribution in [0.1, 0.15) is 35.5 Å². The standard InChI is InChI=1S/C20H19BClN3O3/c1-12-8-9-25(24-12)14-5-6-15(18(22)11-14)19(26)23-13-4-7-16-17(10-13)21(27)28-20(16,2)3/h4-11,27H,1-3H3,(H,23,26). The van der Waals surface area contributed by atoms with Gasteiger partial charge in [-0.15, -0.1) is 0 Å². The number of nitrogens with zero attached hydrogens (tertiary/aromatic N) is 2. The first-order valence-corrected chi connectivity index (χ1v) is 9.26. The molecular formula is C20H19BClN3O3. The first kappa shape index (κ1) is 18.7. The molecule has 4 rings (SSSR count). The predicted molar refractivity (Wildman–Crippen MR) is 109 cm³/mol. The summed E-state index contributed by atoms with van der Waals surface area (Å²) in [4.78, 5) is 12.7. The molecule has 0 saturated heterocycles. The lowest BCUT2D eigenvalue weighted by molar-refractivity contribution is 0.101. The van der Waals surface area contributed by atoms with E-state index in [0.29, 0.717) is 21.7 Å². The Bertz CT molecular complexity index is 1080. The summed E-state index contributed by atoms with van der Waals surface area (Å²) >= 11 is 6.34. The van der Waals surface area contributed by atoms with E-state index in [1.807, 2.05) is 39.1 Å². The van der Waals surface area contributed by atoms with Crippen LogP contribution in [0.2, 0.25) is 5.02 Å². The lowest BCUT2D eigenvalue weighted by Gasteiger charge is -2.19. The Morgan fingerprint density at radius 3 is 2.71 bits per heavy atom. The van der Waals surface area contributed by atoms with E-state index in [1.54, 1.807) is 35.0 Å². The topological polar surface area (TPSA) is 76.4 Å². The van der Waals surface area contributed by atoms with Crippen LogP contribution in [0.25, 0.3) is 5.69 Å². The van der Waals surface area contributed by atoms with E-state index in [-0.39, 0.29) is 5.91 Å². The SMILES string of the molecule is Cc1ccn(-c2ccc(C(=O)Nc3ccc4c(c3)B(O)OC4(C)C)c(Cl)c2)n1. The third kappa shape index (κ3) is 3.33. The lowest BCUT2D eigenvalue weighted by Crippen LogP contribution is -2.29. The minimum Gasteiger partial charge on any atom is -0.423 e. The Morgan fingerprint density at radius 2 is 2.04 bits per heavy atom. The number of rotatable bonds is 3. The van der Waals surface area contributed by atoms with Gasteiger partial charge in [0.05, 0.1) is 27.6 Å². The van der Waals surface area contributed by atoms with Crippen LogP contribution in [0.5, 0.6) is 0 Å². The van der Waals surface area contributed by atoms with Gasteiger partial charge in [0, 0.05) is 11.9 Å². The van der Waals surface area contributed by atoms with Crippen molar-refractivity contribution in [2.45, 2.75) is 26.4 Å². The molecule has 142 valence electrons. The molecule has 2 heterocycles. The molecular weight excluding hydrogens is 377 g/mol. The highest BCUT2D eigenvalue weighted by Gasteiger charge is 2.40. The van der Waals surface area contributed by atoms with Crippen LogP contribution in [0.15, 0.2) is 48.7 Å². The normalized spacial score (nSPS) is 14.8. The molecule has 1 aromatic heterocycles. The monoisotopic (exact) mass is 395 g/mol. The molecule has 1 aliphatic rings. The molecule has 0 atom stereocenters. The molecule has 0 unspecified atom stereocenters. The molecule has 8 heteroatoms. The Kier molecular flexibility index (Phi) is 4.54. The van der Waals surface area contributed by atoms with Crippen molar-refractivity contribution < 1.29 is 14.5 Å². The van der Waals surface area contributed by atoms with Crippen molar-refractivity contribution >= 4 is 35.8 Å². The quantitative estimate of drug-likeness (QED) is 0.668. The zero-order valence-electron chi connectivity index (χ0n) is 15.7. The van der Waals surface area contributed by atoms with E-state index in [1.165, 1.54) is 0 Å². The Morgan fingerprint density at radius 1 is 1.25 bits per heavy atom. The maximum atomic E-state index is 12.7. The Hall–Kier alpha value is -2.61. The number of aromatic nitrogens is 2. The fourth-order valence-corrected chi connectivity index (χ4v) is 3.65. The fourth-order valence-electron chi connectivity index (χ4n) is 3.39. The van der Waals surface area contributed by atoms with Crippen LogP contribution in [-0.4, -0.2) is 27.8 Å².